The van der Waals surface area contributed by atoms with Crippen LogP contribution >= 0.6 is 0 Å². The number of hydrogen-bond donors (Lipinski definition) is 2. The highest BCUT2D eigenvalue weighted by Gasteiger charge is 2.15. The molecule has 0 unspecified atom stereocenters. The Kier molecular flexibility index (Phi) is 2.50. The number of aryl methyl sites for hydroxylation is 2. The lowest BCUT2D eigenvalue weighted by Gasteiger charge is -2.07. The zero-order valence-electron chi connectivity index (χ0n) is 8.82. The smallest absolute Gasteiger partial charge is 0.140 e. The van der Waals surface area contributed by atoms with Gasteiger partial charge in [-0.05, 0) is 19.4 Å². The van der Waals surface area contributed by atoms with Gasteiger partial charge < -0.3 is 14.6 Å². The predicted octanol–water partition coefficient (Wildman–Crippen LogP) is 2.08. The van der Waals surface area contributed by atoms with Crippen LogP contribution in [0.5, 0.6) is 0 Å². The van der Waals surface area contributed by atoms with Crippen molar-refractivity contribution in [2.24, 2.45) is 0 Å². The summed E-state index contributed by atoms with van der Waals surface area (Å²) in [5.74, 6) is 0.850. The molecule has 2 aromatic rings. The Hall–Kier alpha value is -1.32. The molecular weight excluding hydrogens is 192 g/mol. The molecule has 0 aliphatic heterocycles. The van der Waals surface area contributed by atoms with Crippen molar-refractivity contribution in [3.05, 3.63) is 35.1 Å². The lowest BCUT2D eigenvalue weighted by Crippen LogP contribution is -2.02. The minimum Gasteiger partial charge on any atom is -0.461 e. The van der Waals surface area contributed by atoms with Gasteiger partial charge in [-0.1, -0.05) is 18.2 Å². The summed E-state index contributed by atoms with van der Waals surface area (Å²) >= 11 is 0. The quantitative estimate of drug-likeness (QED) is 0.790. The van der Waals surface area contributed by atoms with Crippen molar-refractivity contribution in [1.82, 2.24) is 0 Å². The molecule has 2 rings (SSSR count). The fourth-order valence-corrected chi connectivity index (χ4v) is 1.74. The molecule has 1 atom stereocenters. The normalized spacial score (nSPS) is 13.3. The lowest BCUT2D eigenvalue weighted by molar-refractivity contribution is 0.0959. The molecule has 0 fully saturated rings. The first-order chi connectivity index (χ1) is 7.15. The molecule has 0 aliphatic carbocycles. The first kappa shape index (κ1) is 10.2. The molecule has 15 heavy (non-hydrogen) atoms. The van der Waals surface area contributed by atoms with Gasteiger partial charge >= 0.3 is 0 Å². The number of benzene rings is 1. The molecule has 1 heterocycles. The fourth-order valence-electron chi connectivity index (χ4n) is 1.74. The van der Waals surface area contributed by atoms with Crippen molar-refractivity contribution < 1.29 is 14.6 Å². The molecule has 0 saturated carbocycles. The molecule has 80 valence electrons. The summed E-state index contributed by atoms with van der Waals surface area (Å²) in [6.07, 6.45) is -0.876. The van der Waals surface area contributed by atoms with Crippen molar-refractivity contribution >= 4 is 11.0 Å². The first-order valence-corrected chi connectivity index (χ1v) is 4.92. The van der Waals surface area contributed by atoms with E-state index in [1.807, 2.05) is 26.0 Å². The standard InChI is InChI=1S/C12H14O3/c1-7-8(2)15-12-9(7)4-3-5-10(12)11(14)6-13/h3-5,11,13-14H,6H2,1-2H3/t11-/m0/s1. The van der Waals surface area contributed by atoms with Crippen LogP contribution in [-0.4, -0.2) is 16.8 Å². The Labute approximate surface area is 88.0 Å². The minimum absolute atomic E-state index is 0.294. The van der Waals surface area contributed by atoms with E-state index < -0.39 is 6.10 Å². The molecule has 2 N–H and O–H groups in total. The highest BCUT2D eigenvalue weighted by molar-refractivity contribution is 5.85. The van der Waals surface area contributed by atoms with E-state index in [9.17, 15) is 5.11 Å². The summed E-state index contributed by atoms with van der Waals surface area (Å²) in [7, 11) is 0. The van der Waals surface area contributed by atoms with Gasteiger partial charge in [0.15, 0.2) is 0 Å². The van der Waals surface area contributed by atoms with Gasteiger partial charge in [-0.3, -0.25) is 0 Å². The van der Waals surface area contributed by atoms with Crippen molar-refractivity contribution in [1.29, 1.82) is 0 Å². The van der Waals surface area contributed by atoms with Gasteiger partial charge in [0.2, 0.25) is 0 Å². The Balaban J connectivity index is 2.71. The summed E-state index contributed by atoms with van der Waals surface area (Å²) in [6.45, 7) is 3.58. The molecule has 3 heteroatoms. The molecule has 1 aromatic carbocycles. The third kappa shape index (κ3) is 1.54. The van der Waals surface area contributed by atoms with Crippen LogP contribution in [0.3, 0.4) is 0 Å². The maximum Gasteiger partial charge on any atom is 0.140 e. The van der Waals surface area contributed by atoms with Gasteiger partial charge in [0.1, 0.15) is 17.4 Å². The topological polar surface area (TPSA) is 53.6 Å². The van der Waals surface area contributed by atoms with Crippen LogP contribution in [0.15, 0.2) is 22.6 Å². The number of hydrogen-bond acceptors (Lipinski definition) is 3. The lowest BCUT2D eigenvalue weighted by atomic mass is 10.1. The van der Waals surface area contributed by atoms with E-state index >= 15 is 0 Å². The molecule has 0 bridgehead atoms. The third-order valence-electron chi connectivity index (χ3n) is 2.76. The van der Waals surface area contributed by atoms with Gasteiger partial charge in [-0.2, -0.15) is 0 Å². The summed E-state index contributed by atoms with van der Waals surface area (Å²) in [6, 6.07) is 5.58. The second-order valence-corrected chi connectivity index (χ2v) is 3.71. The predicted molar refractivity (Wildman–Crippen MR) is 57.7 cm³/mol. The molecule has 0 radical (unpaired) electrons. The average molecular weight is 206 g/mol. The summed E-state index contributed by atoms with van der Waals surface area (Å²) < 4.78 is 5.58. The number of fused-ring (bicyclic) bond motifs is 1. The molecular formula is C12H14O3. The maximum atomic E-state index is 9.62. The highest BCUT2D eigenvalue weighted by Crippen LogP contribution is 2.30. The molecule has 0 spiro atoms. The van der Waals surface area contributed by atoms with Crippen LogP contribution in [0, 0.1) is 13.8 Å². The number of para-hydroxylation sites is 1. The SMILES string of the molecule is Cc1oc2c([C@@H](O)CO)cccc2c1C. The average Bonchev–Trinajstić information content (AvgIpc) is 2.54. The molecule has 1 aromatic heterocycles. The van der Waals surface area contributed by atoms with E-state index in [2.05, 4.69) is 0 Å². The van der Waals surface area contributed by atoms with E-state index in [4.69, 9.17) is 9.52 Å². The highest BCUT2D eigenvalue weighted by atomic mass is 16.3. The molecule has 0 aliphatic rings. The molecule has 0 saturated heterocycles. The largest absolute Gasteiger partial charge is 0.461 e. The first-order valence-electron chi connectivity index (χ1n) is 4.92. The van der Waals surface area contributed by atoms with Gasteiger partial charge in [0.05, 0.1) is 6.61 Å². The Morgan fingerprint density at radius 3 is 2.73 bits per heavy atom. The van der Waals surface area contributed by atoms with E-state index in [0.29, 0.717) is 11.1 Å². The number of aliphatic hydroxyl groups is 2. The van der Waals surface area contributed by atoms with Crippen LogP contribution in [0.25, 0.3) is 11.0 Å². The summed E-state index contributed by atoms with van der Waals surface area (Å²) in [4.78, 5) is 0. The summed E-state index contributed by atoms with van der Waals surface area (Å²) in [5.41, 5.74) is 2.40. The van der Waals surface area contributed by atoms with E-state index in [-0.39, 0.29) is 6.61 Å². The number of aliphatic hydroxyl groups excluding tert-OH is 2. The number of furan rings is 1. The van der Waals surface area contributed by atoms with Crippen LogP contribution in [0.2, 0.25) is 0 Å². The second-order valence-electron chi connectivity index (χ2n) is 3.71. The molecule has 3 nitrogen and oxygen atoms in total. The Morgan fingerprint density at radius 2 is 2.07 bits per heavy atom. The van der Waals surface area contributed by atoms with Gasteiger partial charge in [0, 0.05) is 10.9 Å². The number of rotatable bonds is 2. The van der Waals surface area contributed by atoms with E-state index in [1.54, 1.807) is 6.07 Å². The second kappa shape index (κ2) is 3.68. The van der Waals surface area contributed by atoms with Crippen LogP contribution in [0.1, 0.15) is 23.0 Å². The van der Waals surface area contributed by atoms with Crippen molar-refractivity contribution in [2.45, 2.75) is 20.0 Å². The van der Waals surface area contributed by atoms with Crippen molar-refractivity contribution in [2.75, 3.05) is 6.61 Å². The third-order valence-corrected chi connectivity index (χ3v) is 2.76. The fraction of sp³-hybridized carbons (Fsp3) is 0.333. The Bertz CT molecular complexity index is 485. The summed E-state index contributed by atoms with van der Waals surface area (Å²) in [5, 5.41) is 19.5. The van der Waals surface area contributed by atoms with Gasteiger partial charge in [0.25, 0.3) is 0 Å². The van der Waals surface area contributed by atoms with Crippen LogP contribution in [-0.2, 0) is 0 Å². The minimum atomic E-state index is -0.876. The van der Waals surface area contributed by atoms with E-state index in [1.165, 1.54) is 0 Å². The maximum absolute atomic E-state index is 9.62. The monoisotopic (exact) mass is 206 g/mol. The van der Waals surface area contributed by atoms with Crippen molar-refractivity contribution in [3.63, 3.8) is 0 Å². The van der Waals surface area contributed by atoms with Crippen LogP contribution in [0.4, 0.5) is 0 Å². The van der Waals surface area contributed by atoms with Crippen LogP contribution < -0.4 is 0 Å². The Morgan fingerprint density at radius 1 is 1.33 bits per heavy atom. The zero-order chi connectivity index (χ0) is 11.0. The van der Waals surface area contributed by atoms with Gasteiger partial charge in [-0.15, -0.1) is 0 Å². The van der Waals surface area contributed by atoms with E-state index in [0.717, 1.165) is 16.7 Å². The van der Waals surface area contributed by atoms with Crippen molar-refractivity contribution in [3.8, 4) is 0 Å². The van der Waals surface area contributed by atoms with Gasteiger partial charge in [-0.25, -0.2) is 0 Å². The zero-order valence-corrected chi connectivity index (χ0v) is 8.82. The molecule has 0 amide bonds.